The Morgan fingerprint density at radius 3 is 3.00 bits per heavy atom. The van der Waals surface area contributed by atoms with E-state index in [9.17, 15) is 0 Å². The summed E-state index contributed by atoms with van der Waals surface area (Å²) in [4.78, 5) is 0. The van der Waals surface area contributed by atoms with E-state index in [0.29, 0.717) is 6.61 Å². The first-order valence-electron chi connectivity index (χ1n) is 7.32. The number of ether oxygens (including phenoxy) is 1. The summed E-state index contributed by atoms with van der Waals surface area (Å²) in [5.41, 5.74) is 10.7. The van der Waals surface area contributed by atoms with Gasteiger partial charge >= 0.3 is 0 Å². The lowest BCUT2D eigenvalue weighted by molar-refractivity contribution is 0.291. The fourth-order valence-electron chi connectivity index (χ4n) is 2.91. The average Bonchev–Trinajstić information content (AvgIpc) is 2.99. The molecular weight excluding hydrogens is 330 g/mol. The highest BCUT2D eigenvalue weighted by molar-refractivity contribution is 9.10. The monoisotopic (exact) mass is 349 g/mol. The summed E-state index contributed by atoms with van der Waals surface area (Å²) in [7, 11) is 1.95. The molecule has 0 saturated heterocycles. The minimum absolute atomic E-state index is 0.152. The second-order valence-electron chi connectivity index (χ2n) is 5.44. The molecule has 112 valence electrons. The van der Waals surface area contributed by atoms with Crippen LogP contribution in [0.3, 0.4) is 0 Å². The quantitative estimate of drug-likeness (QED) is 0.921. The zero-order valence-electron chi connectivity index (χ0n) is 12.4. The first-order chi connectivity index (χ1) is 10.1. The lowest BCUT2D eigenvalue weighted by Crippen LogP contribution is -2.06. The minimum atomic E-state index is 0.152. The number of nitrogens with two attached hydrogens (primary N) is 1. The van der Waals surface area contributed by atoms with Crippen LogP contribution >= 0.6 is 15.9 Å². The number of rotatable bonds is 4. The van der Waals surface area contributed by atoms with Crippen LogP contribution in [-0.2, 0) is 26.5 Å². The summed E-state index contributed by atoms with van der Waals surface area (Å²) in [6.07, 6.45) is 2.91. The largest absolute Gasteiger partial charge is 0.487 e. The molecule has 21 heavy (non-hydrogen) atoms. The maximum absolute atomic E-state index is 6.11. The van der Waals surface area contributed by atoms with Gasteiger partial charge < -0.3 is 10.5 Å². The molecule has 5 heteroatoms. The second kappa shape index (κ2) is 5.81. The van der Waals surface area contributed by atoms with Crippen LogP contribution < -0.4 is 10.5 Å². The molecule has 3 rings (SSSR count). The molecule has 1 unspecified atom stereocenters. The van der Waals surface area contributed by atoms with Crippen LogP contribution in [0.4, 0.5) is 0 Å². The summed E-state index contributed by atoms with van der Waals surface area (Å²) in [6.45, 7) is 2.61. The highest BCUT2D eigenvalue weighted by Gasteiger charge is 2.22. The third-order valence-corrected chi connectivity index (χ3v) is 5.06. The number of aryl methyl sites for hydroxylation is 2. The number of aromatic nitrogens is 2. The standard InChI is InChI=1S/C16H20BrN3O/c1-3-13-16(17)14(20(2)19-13)9-21-15-6-4-5-10-11(15)7-8-12(10)18/h4-6,12H,3,7-9,18H2,1-2H3. The van der Waals surface area contributed by atoms with Crippen molar-refractivity contribution in [2.45, 2.75) is 38.8 Å². The summed E-state index contributed by atoms with van der Waals surface area (Å²) in [6, 6.07) is 6.31. The van der Waals surface area contributed by atoms with Gasteiger partial charge in [0.15, 0.2) is 0 Å². The van der Waals surface area contributed by atoms with Gasteiger partial charge in [-0.25, -0.2) is 0 Å². The molecule has 1 aromatic heterocycles. The van der Waals surface area contributed by atoms with Gasteiger partial charge in [0, 0.05) is 13.1 Å². The zero-order chi connectivity index (χ0) is 15.0. The predicted octanol–water partition coefficient (Wildman–Crippen LogP) is 3.27. The maximum atomic E-state index is 6.11. The smallest absolute Gasteiger partial charge is 0.131 e. The molecule has 0 aliphatic heterocycles. The van der Waals surface area contributed by atoms with Crippen LogP contribution in [0.5, 0.6) is 5.75 Å². The Morgan fingerprint density at radius 2 is 2.29 bits per heavy atom. The van der Waals surface area contributed by atoms with Crippen LogP contribution in [0, 0.1) is 0 Å². The van der Waals surface area contributed by atoms with E-state index in [1.807, 2.05) is 23.9 Å². The minimum Gasteiger partial charge on any atom is -0.487 e. The Labute approximate surface area is 133 Å². The lowest BCUT2D eigenvalue weighted by Gasteiger charge is -2.12. The molecule has 1 aliphatic carbocycles. The molecule has 2 aromatic rings. The van der Waals surface area contributed by atoms with Gasteiger partial charge in [0.05, 0.1) is 15.9 Å². The Morgan fingerprint density at radius 1 is 1.48 bits per heavy atom. The summed E-state index contributed by atoms with van der Waals surface area (Å²) in [5.74, 6) is 0.951. The molecule has 1 aromatic carbocycles. The van der Waals surface area contributed by atoms with Crippen molar-refractivity contribution in [2.75, 3.05) is 0 Å². The molecule has 1 atom stereocenters. The molecule has 0 radical (unpaired) electrons. The van der Waals surface area contributed by atoms with E-state index in [-0.39, 0.29) is 6.04 Å². The van der Waals surface area contributed by atoms with Crippen molar-refractivity contribution in [3.05, 3.63) is 45.2 Å². The molecule has 0 spiro atoms. The van der Waals surface area contributed by atoms with E-state index in [4.69, 9.17) is 10.5 Å². The van der Waals surface area contributed by atoms with E-state index >= 15 is 0 Å². The maximum Gasteiger partial charge on any atom is 0.131 e. The van der Waals surface area contributed by atoms with Crippen molar-refractivity contribution in [1.82, 2.24) is 9.78 Å². The van der Waals surface area contributed by atoms with Gasteiger partial charge in [0.2, 0.25) is 0 Å². The zero-order valence-corrected chi connectivity index (χ0v) is 14.0. The molecule has 0 bridgehead atoms. The number of benzene rings is 1. The topological polar surface area (TPSA) is 53.1 Å². The second-order valence-corrected chi connectivity index (χ2v) is 6.24. The van der Waals surface area contributed by atoms with Crippen molar-refractivity contribution < 1.29 is 4.74 Å². The third-order valence-electron chi connectivity index (χ3n) is 4.14. The van der Waals surface area contributed by atoms with Crippen molar-refractivity contribution >= 4 is 15.9 Å². The molecule has 0 fully saturated rings. The first kappa shape index (κ1) is 14.6. The van der Waals surface area contributed by atoms with Gasteiger partial charge in [0.25, 0.3) is 0 Å². The Bertz CT molecular complexity index is 666. The molecule has 2 N–H and O–H groups in total. The van der Waals surface area contributed by atoms with Gasteiger partial charge in [-0.3, -0.25) is 4.68 Å². The summed E-state index contributed by atoms with van der Waals surface area (Å²) in [5, 5.41) is 4.50. The van der Waals surface area contributed by atoms with Gasteiger partial charge in [-0.05, 0) is 52.4 Å². The summed E-state index contributed by atoms with van der Waals surface area (Å²) < 4.78 is 9.00. The van der Waals surface area contributed by atoms with Gasteiger partial charge in [-0.1, -0.05) is 19.1 Å². The van der Waals surface area contributed by atoms with Crippen LogP contribution in [0.1, 0.15) is 41.9 Å². The summed E-state index contributed by atoms with van der Waals surface area (Å²) >= 11 is 3.62. The fraction of sp³-hybridized carbons (Fsp3) is 0.438. The van der Waals surface area contributed by atoms with E-state index in [2.05, 4.69) is 34.0 Å². The van der Waals surface area contributed by atoms with Crippen molar-refractivity contribution in [2.24, 2.45) is 12.8 Å². The Balaban J connectivity index is 1.82. The number of fused-ring (bicyclic) bond motifs is 1. The van der Waals surface area contributed by atoms with Crippen LogP contribution in [-0.4, -0.2) is 9.78 Å². The van der Waals surface area contributed by atoms with Crippen LogP contribution in [0.15, 0.2) is 22.7 Å². The molecule has 4 nitrogen and oxygen atoms in total. The molecule has 0 amide bonds. The Hall–Kier alpha value is -1.33. The van der Waals surface area contributed by atoms with E-state index in [1.54, 1.807) is 0 Å². The third kappa shape index (κ3) is 2.60. The van der Waals surface area contributed by atoms with Crippen LogP contribution in [0.25, 0.3) is 0 Å². The molecule has 1 heterocycles. The van der Waals surface area contributed by atoms with Crippen molar-refractivity contribution in [1.29, 1.82) is 0 Å². The highest BCUT2D eigenvalue weighted by Crippen LogP contribution is 2.36. The van der Waals surface area contributed by atoms with Gasteiger partial charge in [0.1, 0.15) is 12.4 Å². The van der Waals surface area contributed by atoms with Crippen molar-refractivity contribution in [3.8, 4) is 5.75 Å². The number of hydrogen-bond donors (Lipinski definition) is 1. The number of hydrogen-bond acceptors (Lipinski definition) is 3. The number of nitrogens with zero attached hydrogens (tertiary/aromatic N) is 2. The van der Waals surface area contributed by atoms with Gasteiger partial charge in [-0.15, -0.1) is 0 Å². The molecule has 0 saturated carbocycles. The first-order valence-corrected chi connectivity index (χ1v) is 8.11. The highest BCUT2D eigenvalue weighted by atomic mass is 79.9. The fourth-order valence-corrected chi connectivity index (χ4v) is 3.64. The molecule has 1 aliphatic rings. The lowest BCUT2D eigenvalue weighted by atomic mass is 10.1. The predicted molar refractivity (Wildman–Crippen MR) is 86.3 cm³/mol. The molecular formula is C16H20BrN3O. The Kier molecular flexibility index (Phi) is 4.04. The van der Waals surface area contributed by atoms with Crippen LogP contribution in [0.2, 0.25) is 0 Å². The van der Waals surface area contributed by atoms with E-state index < -0.39 is 0 Å². The SMILES string of the molecule is CCc1nn(C)c(COc2cccc3c2CCC3N)c1Br. The van der Waals surface area contributed by atoms with Crippen molar-refractivity contribution in [3.63, 3.8) is 0 Å². The van der Waals surface area contributed by atoms with Gasteiger partial charge in [-0.2, -0.15) is 5.10 Å². The normalized spacial score (nSPS) is 17.0. The number of halogens is 1. The average molecular weight is 350 g/mol. The van der Waals surface area contributed by atoms with E-state index in [1.165, 1.54) is 11.1 Å². The van der Waals surface area contributed by atoms with E-state index in [0.717, 1.165) is 40.9 Å².